The van der Waals surface area contributed by atoms with Gasteiger partial charge in [-0.05, 0) is 16.7 Å². The molecule has 12 heteroatoms. The standard InChI is InChI=1S/C33H42N6O6/c40-31(34-43-25-28-10-4-1-5-11-28)22-37-16-18-38(23-32(41)35-44-26-29-12-6-2-7-13-29)20-21-39(19-17-37)24-33(42)36-45-27-30-14-8-3-9-15-30/h1-15H,16-27H2,(H,34,40)(H,35,41)(H,36,42). The van der Waals surface area contributed by atoms with E-state index >= 15 is 0 Å². The minimum absolute atomic E-state index is 0.106. The smallest absolute Gasteiger partial charge is 0.257 e. The van der Waals surface area contributed by atoms with Gasteiger partial charge in [0.15, 0.2) is 0 Å². The van der Waals surface area contributed by atoms with E-state index in [9.17, 15) is 14.4 Å². The van der Waals surface area contributed by atoms with Crippen molar-refractivity contribution in [3.05, 3.63) is 108 Å². The first-order valence-corrected chi connectivity index (χ1v) is 15.0. The summed E-state index contributed by atoms with van der Waals surface area (Å²) in [5, 5.41) is 0. The lowest BCUT2D eigenvalue weighted by Crippen LogP contribution is -2.44. The zero-order chi connectivity index (χ0) is 31.5. The Morgan fingerprint density at radius 3 is 0.933 bits per heavy atom. The third-order valence-corrected chi connectivity index (χ3v) is 7.10. The zero-order valence-corrected chi connectivity index (χ0v) is 25.4. The van der Waals surface area contributed by atoms with Gasteiger partial charge < -0.3 is 0 Å². The van der Waals surface area contributed by atoms with Crippen molar-refractivity contribution in [2.24, 2.45) is 0 Å². The van der Waals surface area contributed by atoms with Crippen LogP contribution in [0.25, 0.3) is 0 Å². The lowest BCUT2D eigenvalue weighted by Gasteiger charge is -2.24. The van der Waals surface area contributed by atoms with E-state index in [1.54, 1.807) is 0 Å². The number of hydroxylamine groups is 3. The fourth-order valence-corrected chi connectivity index (χ4v) is 4.69. The van der Waals surface area contributed by atoms with Crippen LogP contribution < -0.4 is 16.4 Å². The van der Waals surface area contributed by atoms with E-state index in [1.165, 1.54) is 0 Å². The molecule has 1 aliphatic rings. The zero-order valence-electron chi connectivity index (χ0n) is 25.4. The summed E-state index contributed by atoms with van der Waals surface area (Å²) >= 11 is 0. The third kappa shape index (κ3) is 13.6. The summed E-state index contributed by atoms with van der Waals surface area (Å²) in [5.41, 5.74) is 10.4. The number of carbonyl (C=O) groups excluding carboxylic acids is 3. The molecule has 0 spiro atoms. The summed E-state index contributed by atoms with van der Waals surface area (Å²) in [6, 6.07) is 28.7. The highest BCUT2D eigenvalue weighted by Gasteiger charge is 2.21. The Labute approximate surface area is 264 Å². The molecule has 1 saturated heterocycles. The molecule has 0 unspecified atom stereocenters. The second kappa shape index (κ2) is 19.3. The average molecular weight is 619 g/mol. The number of nitrogens with zero attached hydrogens (tertiary/aromatic N) is 3. The van der Waals surface area contributed by atoms with E-state index in [4.69, 9.17) is 14.5 Å². The van der Waals surface area contributed by atoms with Gasteiger partial charge in [0.1, 0.15) is 0 Å². The summed E-state index contributed by atoms with van der Waals surface area (Å²) in [6.45, 7) is 4.38. The Morgan fingerprint density at radius 2 is 0.689 bits per heavy atom. The van der Waals surface area contributed by atoms with E-state index in [0.29, 0.717) is 39.3 Å². The number of carbonyl (C=O) groups is 3. The van der Waals surface area contributed by atoms with Crippen LogP contribution in [0.15, 0.2) is 91.0 Å². The molecule has 1 fully saturated rings. The Morgan fingerprint density at radius 1 is 0.444 bits per heavy atom. The van der Waals surface area contributed by atoms with E-state index in [-0.39, 0.29) is 57.2 Å². The number of hydrogen-bond acceptors (Lipinski definition) is 9. The Kier molecular flexibility index (Phi) is 14.4. The SMILES string of the molecule is O=C(CN1CCN(CC(=O)NOCc2ccccc2)CCN(CC(=O)NOCc2ccccc2)CC1)NOCc1ccccc1. The lowest BCUT2D eigenvalue weighted by atomic mass is 10.2. The van der Waals surface area contributed by atoms with Gasteiger partial charge in [-0.3, -0.25) is 43.6 Å². The van der Waals surface area contributed by atoms with Gasteiger partial charge in [0.05, 0.1) is 39.5 Å². The van der Waals surface area contributed by atoms with Crippen molar-refractivity contribution in [3.8, 4) is 0 Å². The monoisotopic (exact) mass is 618 g/mol. The second-order valence-electron chi connectivity index (χ2n) is 10.7. The number of nitrogens with one attached hydrogen (secondary N) is 3. The molecule has 1 aliphatic heterocycles. The Hall–Kier alpha value is -4.17. The van der Waals surface area contributed by atoms with Crippen molar-refractivity contribution in [2.75, 3.05) is 58.9 Å². The van der Waals surface area contributed by atoms with Crippen molar-refractivity contribution < 1.29 is 28.9 Å². The molecule has 1 heterocycles. The quantitative estimate of drug-likeness (QED) is 0.218. The molecular formula is C33H42N6O6. The molecule has 3 aromatic rings. The van der Waals surface area contributed by atoms with Crippen molar-refractivity contribution in [1.82, 2.24) is 31.1 Å². The van der Waals surface area contributed by atoms with Gasteiger partial charge >= 0.3 is 0 Å². The lowest BCUT2D eigenvalue weighted by molar-refractivity contribution is -0.137. The summed E-state index contributed by atoms with van der Waals surface area (Å²) in [5.74, 6) is -0.827. The van der Waals surface area contributed by atoms with Gasteiger partial charge in [0.2, 0.25) is 0 Å². The van der Waals surface area contributed by atoms with Crippen LogP contribution in [0.5, 0.6) is 0 Å². The third-order valence-electron chi connectivity index (χ3n) is 7.10. The molecule has 3 N–H and O–H groups in total. The molecule has 0 aromatic heterocycles. The summed E-state index contributed by atoms with van der Waals surface area (Å²) in [4.78, 5) is 60.3. The largest absolute Gasteiger partial charge is 0.292 e. The van der Waals surface area contributed by atoms with Crippen LogP contribution in [0.4, 0.5) is 0 Å². The van der Waals surface area contributed by atoms with Crippen LogP contribution in [0.1, 0.15) is 16.7 Å². The summed E-state index contributed by atoms with van der Waals surface area (Å²) < 4.78 is 0. The number of hydrogen-bond donors (Lipinski definition) is 3. The highest BCUT2D eigenvalue weighted by molar-refractivity contribution is 5.77. The second-order valence-corrected chi connectivity index (χ2v) is 10.7. The fraction of sp³-hybridized carbons (Fsp3) is 0.364. The van der Waals surface area contributed by atoms with Crippen molar-refractivity contribution in [2.45, 2.75) is 19.8 Å². The minimum atomic E-state index is -0.276. The van der Waals surface area contributed by atoms with Gasteiger partial charge in [-0.15, -0.1) is 0 Å². The van der Waals surface area contributed by atoms with Crippen LogP contribution in [-0.4, -0.2) is 91.3 Å². The predicted molar refractivity (Wildman–Crippen MR) is 167 cm³/mol. The van der Waals surface area contributed by atoms with Crippen LogP contribution in [-0.2, 0) is 48.7 Å². The molecule has 0 saturated carbocycles. The molecule has 0 aliphatic carbocycles. The number of amides is 3. The van der Waals surface area contributed by atoms with Gasteiger partial charge in [0.25, 0.3) is 17.7 Å². The first-order valence-electron chi connectivity index (χ1n) is 15.0. The number of benzene rings is 3. The molecule has 240 valence electrons. The molecule has 45 heavy (non-hydrogen) atoms. The van der Waals surface area contributed by atoms with Crippen LogP contribution in [0, 0.1) is 0 Å². The first kappa shape index (κ1) is 33.7. The predicted octanol–water partition coefficient (Wildman–Crippen LogP) is 1.65. The molecule has 0 bridgehead atoms. The van der Waals surface area contributed by atoms with Crippen LogP contribution in [0.2, 0.25) is 0 Å². The van der Waals surface area contributed by atoms with Crippen LogP contribution in [0.3, 0.4) is 0 Å². The normalized spacial score (nSPS) is 14.9. The van der Waals surface area contributed by atoms with Gasteiger partial charge in [0, 0.05) is 39.3 Å². The molecule has 0 atom stereocenters. The van der Waals surface area contributed by atoms with E-state index < -0.39 is 0 Å². The first-order chi connectivity index (χ1) is 22.0. The number of rotatable bonds is 15. The summed E-state index contributed by atoms with van der Waals surface area (Å²) in [7, 11) is 0. The molecule has 3 amide bonds. The van der Waals surface area contributed by atoms with Crippen LogP contribution >= 0.6 is 0 Å². The van der Waals surface area contributed by atoms with Gasteiger partial charge in [-0.2, -0.15) is 0 Å². The highest BCUT2D eigenvalue weighted by atomic mass is 16.7. The van der Waals surface area contributed by atoms with Gasteiger partial charge in [-0.25, -0.2) is 16.4 Å². The molecule has 0 radical (unpaired) electrons. The average Bonchev–Trinajstić information content (AvgIpc) is 3.14. The maximum atomic E-state index is 12.7. The molecule has 3 aromatic carbocycles. The Balaban J connectivity index is 1.27. The minimum Gasteiger partial charge on any atom is -0.292 e. The molecule has 4 rings (SSSR count). The maximum Gasteiger partial charge on any atom is 0.257 e. The fourth-order valence-electron chi connectivity index (χ4n) is 4.69. The van der Waals surface area contributed by atoms with E-state index in [0.717, 1.165) is 16.7 Å². The summed E-state index contributed by atoms with van der Waals surface area (Å²) in [6.07, 6.45) is 0. The van der Waals surface area contributed by atoms with Crippen molar-refractivity contribution >= 4 is 17.7 Å². The topological polar surface area (TPSA) is 125 Å². The molecular weight excluding hydrogens is 576 g/mol. The molecule has 12 nitrogen and oxygen atoms in total. The van der Waals surface area contributed by atoms with Gasteiger partial charge in [-0.1, -0.05) is 91.0 Å². The van der Waals surface area contributed by atoms with Crippen molar-refractivity contribution in [1.29, 1.82) is 0 Å². The maximum absolute atomic E-state index is 12.7. The van der Waals surface area contributed by atoms with Crippen molar-refractivity contribution in [3.63, 3.8) is 0 Å². The van der Waals surface area contributed by atoms with E-state index in [2.05, 4.69) is 16.4 Å². The van der Waals surface area contributed by atoms with E-state index in [1.807, 2.05) is 106 Å². The highest BCUT2D eigenvalue weighted by Crippen LogP contribution is 2.04. The Bertz CT molecular complexity index is 1130.